The van der Waals surface area contributed by atoms with Crippen molar-refractivity contribution in [3.05, 3.63) is 10.4 Å². The van der Waals surface area contributed by atoms with E-state index in [0.29, 0.717) is 0 Å². The fourth-order valence-electron chi connectivity index (χ4n) is 0.917. The molecule has 0 spiro atoms. The highest BCUT2D eigenvalue weighted by Gasteiger charge is 2.41. The van der Waals surface area contributed by atoms with Crippen LogP contribution in [0.15, 0.2) is 5.11 Å². The van der Waals surface area contributed by atoms with E-state index in [1.807, 2.05) is 0 Å². The molecule has 0 saturated carbocycles. The first kappa shape index (κ1) is 16.0. The zero-order valence-corrected chi connectivity index (χ0v) is 8.69. The second-order valence-corrected chi connectivity index (χ2v) is 3.11. The highest BCUT2D eigenvalue weighted by molar-refractivity contribution is 5.86. The largest absolute Gasteiger partial charge is 0.480 e. The monoisotopic (exact) mass is 272 g/mol. The summed E-state index contributed by atoms with van der Waals surface area (Å²) in [6.45, 7) is -0.734. The molecule has 0 saturated heterocycles. The molecule has 2 N–H and O–H groups in total. The molecular formula is C7H8F4N4O3. The van der Waals surface area contributed by atoms with Crippen molar-refractivity contribution in [2.45, 2.75) is 24.8 Å². The van der Waals surface area contributed by atoms with Crippen LogP contribution in [0.2, 0.25) is 0 Å². The van der Waals surface area contributed by atoms with Gasteiger partial charge in [-0.1, -0.05) is 5.11 Å². The third-order valence-electron chi connectivity index (χ3n) is 1.70. The number of rotatable bonds is 6. The Morgan fingerprint density at radius 1 is 1.44 bits per heavy atom. The van der Waals surface area contributed by atoms with E-state index in [2.05, 4.69) is 10.0 Å². The Balaban J connectivity index is 4.54. The summed E-state index contributed by atoms with van der Waals surface area (Å²) in [5, 5.41) is 12.4. The first-order valence-corrected chi connectivity index (χ1v) is 4.44. The van der Waals surface area contributed by atoms with Crippen molar-refractivity contribution in [3.8, 4) is 0 Å². The number of halogens is 4. The number of hydrogen-bond acceptors (Lipinski definition) is 3. The summed E-state index contributed by atoms with van der Waals surface area (Å²) in [7, 11) is 0. The molecule has 11 heteroatoms. The summed E-state index contributed by atoms with van der Waals surface area (Å²) in [4.78, 5) is 23.2. The predicted octanol–water partition coefficient (Wildman–Crippen LogP) is 1.16. The molecule has 0 aromatic rings. The molecule has 0 rings (SSSR count). The molecule has 1 amide bonds. The topological polar surface area (TPSA) is 115 Å². The van der Waals surface area contributed by atoms with Gasteiger partial charge in [0, 0.05) is 11.3 Å². The number of carboxylic acids is 1. The van der Waals surface area contributed by atoms with Gasteiger partial charge in [-0.25, -0.2) is 9.18 Å². The Bertz CT molecular complexity index is 366. The number of carbonyl (C=O) groups excluding carboxylic acids is 1. The van der Waals surface area contributed by atoms with Crippen molar-refractivity contribution < 1.29 is 32.3 Å². The van der Waals surface area contributed by atoms with Crippen molar-refractivity contribution in [2.24, 2.45) is 5.11 Å². The van der Waals surface area contributed by atoms with Crippen molar-refractivity contribution in [1.29, 1.82) is 0 Å². The van der Waals surface area contributed by atoms with Crippen molar-refractivity contribution >= 4 is 11.9 Å². The minimum Gasteiger partial charge on any atom is -0.480 e. The van der Waals surface area contributed by atoms with E-state index < -0.39 is 43.2 Å². The lowest BCUT2D eigenvalue weighted by Crippen LogP contribution is -2.48. The van der Waals surface area contributed by atoms with Gasteiger partial charge in [0.1, 0.15) is 12.2 Å². The predicted molar refractivity (Wildman–Crippen MR) is 49.1 cm³/mol. The highest BCUT2D eigenvalue weighted by atomic mass is 19.4. The molecule has 0 aliphatic carbocycles. The molecule has 0 aromatic heterocycles. The minimum atomic E-state index is -5.26. The highest BCUT2D eigenvalue weighted by Crippen LogP contribution is 2.15. The minimum absolute atomic E-state index is 0.734. The van der Waals surface area contributed by atoms with Crippen LogP contribution in [-0.4, -0.2) is 41.9 Å². The molecule has 2 atom stereocenters. The van der Waals surface area contributed by atoms with Crippen molar-refractivity contribution in [1.82, 2.24) is 5.32 Å². The fraction of sp³-hybridized carbons (Fsp3) is 0.714. The van der Waals surface area contributed by atoms with Crippen LogP contribution in [0.25, 0.3) is 10.4 Å². The summed E-state index contributed by atoms with van der Waals surface area (Å²) >= 11 is 0. The number of azide groups is 1. The fourth-order valence-corrected chi connectivity index (χ4v) is 0.917. The average Bonchev–Trinajstić information content (AvgIpc) is 2.23. The van der Waals surface area contributed by atoms with Crippen LogP contribution >= 0.6 is 0 Å². The average molecular weight is 272 g/mol. The summed E-state index contributed by atoms with van der Waals surface area (Å²) in [6, 6.07) is -2.05. The van der Waals surface area contributed by atoms with Gasteiger partial charge in [0.15, 0.2) is 0 Å². The molecule has 0 aromatic carbocycles. The molecule has 0 radical (unpaired) electrons. The standard InChI is InChI=1S/C7H8F4N4O3/c8-3(2-13-15-12)1-4(5(16)17)14-6(18)7(9,10)11/h3-4H,1-2H2,(H,14,18)(H,16,17)/t3-,4-/m0/s1. The van der Waals surface area contributed by atoms with E-state index in [-0.39, 0.29) is 0 Å². The molecule has 0 bridgehead atoms. The third-order valence-corrected chi connectivity index (χ3v) is 1.70. The zero-order valence-electron chi connectivity index (χ0n) is 8.69. The van der Waals surface area contributed by atoms with Gasteiger partial charge >= 0.3 is 18.1 Å². The Hall–Kier alpha value is -2.03. The Morgan fingerprint density at radius 2 is 2.00 bits per heavy atom. The van der Waals surface area contributed by atoms with Crippen LogP contribution in [-0.2, 0) is 9.59 Å². The van der Waals surface area contributed by atoms with Crippen LogP contribution in [0.4, 0.5) is 17.6 Å². The molecule has 0 aliphatic rings. The Kier molecular flexibility index (Phi) is 5.89. The number of amides is 1. The van der Waals surface area contributed by atoms with Gasteiger partial charge in [0.2, 0.25) is 0 Å². The number of carboxylic acid groups (broad SMARTS) is 1. The van der Waals surface area contributed by atoms with Crippen molar-refractivity contribution in [3.63, 3.8) is 0 Å². The summed E-state index contributed by atoms with van der Waals surface area (Å²) < 4.78 is 48.5. The van der Waals surface area contributed by atoms with Gasteiger partial charge in [-0.05, 0) is 5.53 Å². The number of nitrogens with zero attached hydrogens (tertiary/aromatic N) is 3. The Morgan fingerprint density at radius 3 is 2.39 bits per heavy atom. The Labute approximate surface area is 97.4 Å². The first-order valence-electron chi connectivity index (χ1n) is 4.44. The lowest BCUT2D eigenvalue weighted by molar-refractivity contribution is -0.175. The second kappa shape index (κ2) is 6.64. The third kappa shape index (κ3) is 5.89. The molecule has 0 unspecified atom stereocenters. The van der Waals surface area contributed by atoms with Gasteiger partial charge in [-0.2, -0.15) is 13.2 Å². The first-order chi connectivity index (χ1) is 8.18. The second-order valence-electron chi connectivity index (χ2n) is 3.11. The van der Waals surface area contributed by atoms with Crippen molar-refractivity contribution in [2.75, 3.05) is 6.54 Å². The molecule has 0 aliphatic heterocycles. The maximum Gasteiger partial charge on any atom is 0.471 e. The van der Waals surface area contributed by atoms with Gasteiger partial charge in [0.25, 0.3) is 0 Å². The molecule has 7 nitrogen and oxygen atoms in total. The van der Waals surface area contributed by atoms with E-state index in [1.165, 1.54) is 0 Å². The summed E-state index contributed by atoms with van der Waals surface area (Å²) in [6.07, 6.45) is -8.17. The number of carbonyl (C=O) groups is 2. The summed E-state index contributed by atoms with van der Waals surface area (Å²) in [5.41, 5.74) is 7.87. The van der Waals surface area contributed by atoms with E-state index in [9.17, 15) is 27.2 Å². The zero-order chi connectivity index (χ0) is 14.3. The van der Waals surface area contributed by atoms with Gasteiger partial charge < -0.3 is 10.4 Å². The molecular weight excluding hydrogens is 264 g/mol. The van der Waals surface area contributed by atoms with Gasteiger partial charge in [0.05, 0.1) is 6.54 Å². The molecule has 0 fully saturated rings. The molecule has 0 heterocycles. The van der Waals surface area contributed by atoms with Gasteiger partial charge in [-0.15, -0.1) is 0 Å². The lowest BCUT2D eigenvalue weighted by Gasteiger charge is -2.16. The number of nitrogens with one attached hydrogen (secondary N) is 1. The molecule has 102 valence electrons. The van der Waals surface area contributed by atoms with Crippen LogP contribution in [0.5, 0.6) is 0 Å². The summed E-state index contributed by atoms with van der Waals surface area (Å²) in [5.74, 6) is -4.30. The van der Waals surface area contributed by atoms with E-state index >= 15 is 0 Å². The van der Waals surface area contributed by atoms with E-state index in [1.54, 1.807) is 0 Å². The SMILES string of the molecule is [N-]=[N+]=NC[C@@H](F)C[C@H](NC(=O)C(F)(F)F)C(=O)O. The maximum atomic E-state index is 13.0. The maximum absolute atomic E-state index is 13.0. The van der Waals surface area contributed by atoms with Crippen LogP contribution in [0.3, 0.4) is 0 Å². The van der Waals surface area contributed by atoms with E-state index in [4.69, 9.17) is 10.6 Å². The molecule has 18 heavy (non-hydrogen) atoms. The number of alkyl halides is 4. The van der Waals surface area contributed by atoms with Crippen LogP contribution in [0.1, 0.15) is 6.42 Å². The van der Waals surface area contributed by atoms with E-state index in [0.717, 1.165) is 5.32 Å². The van der Waals surface area contributed by atoms with Crippen LogP contribution < -0.4 is 5.32 Å². The quantitative estimate of drug-likeness (QED) is 0.327. The van der Waals surface area contributed by atoms with Gasteiger partial charge in [-0.3, -0.25) is 4.79 Å². The number of hydrogen-bond donors (Lipinski definition) is 2. The smallest absolute Gasteiger partial charge is 0.471 e. The number of aliphatic carboxylic acids is 1. The normalized spacial score (nSPS) is 14.2. The lowest BCUT2D eigenvalue weighted by atomic mass is 10.1. The van der Waals surface area contributed by atoms with Crippen LogP contribution in [0, 0.1) is 0 Å².